The van der Waals surface area contributed by atoms with Crippen LogP contribution in [0.15, 0.2) is 6.07 Å². The number of aromatic nitrogens is 1. The second kappa shape index (κ2) is 7.15. The molecule has 2 unspecified atom stereocenters. The van der Waals surface area contributed by atoms with Gasteiger partial charge in [0.1, 0.15) is 4.83 Å². The monoisotopic (exact) mass is 352 g/mol. The number of anilines is 1. The highest BCUT2D eigenvalue weighted by molar-refractivity contribution is 7.29. The fourth-order valence-electron chi connectivity index (χ4n) is 2.93. The van der Waals surface area contributed by atoms with E-state index >= 15 is 0 Å². The zero-order chi connectivity index (χ0) is 16.4. The summed E-state index contributed by atoms with van der Waals surface area (Å²) in [7, 11) is 0. The standard InChI is InChI=1S/C16H24N4OS2/c1-4-20(5-2)16-19-15-13(23-16)8-12(22-15)14(21)18-11-6-7-17-9-10(11)3/h8,10-11,17H,4-7,9H2,1-3H3,(H,18,21). The van der Waals surface area contributed by atoms with E-state index in [0.717, 1.165) is 52.1 Å². The highest BCUT2D eigenvalue weighted by atomic mass is 32.1. The molecule has 1 saturated heterocycles. The van der Waals surface area contributed by atoms with Gasteiger partial charge in [0.05, 0.1) is 9.58 Å². The topological polar surface area (TPSA) is 57.3 Å². The summed E-state index contributed by atoms with van der Waals surface area (Å²) in [4.78, 5) is 21.2. The summed E-state index contributed by atoms with van der Waals surface area (Å²) in [6, 6.07) is 2.26. The highest BCUT2D eigenvalue weighted by Gasteiger charge is 2.24. The second-order valence-corrected chi connectivity index (χ2v) is 8.04. The third kappa shape index (κ3) is 3.51. The number of hydrogen-bond acceptors (Lipinski definition) is 6. The second-order valence-electron chi connectivity index (χ2n) is 6.00. The van der Waals surface area contributed by atoms with Crippen LogP contribution in [0.1, 0.15) is 36.9 Å². The van der Waals surface area contributed by atoms with Crippen LogP contribution in [0.4, 0.5) is 5.13 Å². The van der Waals surface area contributed by atoms with Crippen molar-refractivity contribution in [1.82, 2.24) is 15.6 Å². The number of piperidine rings is 1. The molecule has 0 saturated carbocycles. The SMILES string of the molecule is CCN(CC)c1nc2sc(C(=O)NC3CCNCC3C)cc2s1. The number of rotatable bonds is 5. The van der Waals surface area contributed by atoms with Gasteiger partial charge in [-0.1, -0.05) is 18.3 Å². The lowest BCUT2D eigenvalue weighted by Gasteiger charge is -2.30. The molecule has 1 amide bonds. The van der Waals surface area contributed by atoms with Crippen molar-refractivity contribution in [3.05, 3.63) is 10.9 Å². The Kier molecular flexibility index (Phi) is 5.18. The van der Waals surface area contributed by atoms with Gasteiger partial charge in [0.2, 0.25) is 0 Å². The Balaban J connectivity index is 1.72. The Labute approximate surface area is 145 Å². The van der Waals surface area contributed by atoms with Gasteiger partial charge in [0.15, 0.2) is 5.13 Å². The van der Waals surface area contributed by atoms with Crippen LogP contribution in [0.5, 0.6) is 0 Å². The third-order valence-corrected chi connectivity index (χ3v) is 6.66. The molecular formula is C16H24N4OS2. The Hall–Kier alpha value is -1.18. The molecule has 23 heavy (non-hydrogen) atoms. The van der Waals surface area contributed by atoms with E-state index in [9.17, 15) is 4.79 Å². The number of carbonyl (C=O) groups is 1. The number of nitrogens with one attached hydrogen (secondary N) is 2. The number of thiophene rings is 1. The zero-order valence-electron chi connectivity index (χ0n) is 13.9. The maximum atomic E-state index is 12.5. The van der Waals surface area contributed by atoms with E-state index < -0.39 is 0 Å². The number of amides is 1. The number of fused-ring (bicyclic) bond motifs is 1. The average molecular weight is 353 g/mol. The molecule has 0 radical (unpaired) electrons. The van der Waals surface area contributed by atoms with E-state index in [0.29, 0.717) is 5.92 Å². The Bertz CT molecular complexity index is 645. The van der Waals surface area contributed by atoms with Gasteiger partial charge in [-0.05, 0) is 45.3 Å². The van der Waals surface area contributed by atoms with E-state index in [4.69, 9.17) is 4.98 Å². The van der Waals surface area contributed by atoms with Crippen LogP contribution >= 0.6 is 22.7 Å². The number of nitrogens with zero attached hydrogens (tertiary/aromatic N) is 2. The first-order chi connectivity index (χ1) is 11.1. The van der Waals surface area contributed by atoms with E-state index in [2.05, 4.69) is 36.3 Å². The summed E-state index contributed by atoms with van der Waals surface area (Å²) in [5.74, 6) is 0.518. The summed E-state index contributed by atoms with van der Waals surface area (Å²) in [5, 5.41) is 7.61. The predicted octanol–water partition coefficient (Wildman–Crippen LogP) is 2.93. The van der Waals surface area contributed by atoms with E-state index in [1.807, 2.05) is 6.07 Å². The van der Waals surface area contributed by atoms with Crippen LogP contribution in [-0.2, 0) is 0 Å². The predicted molar refractivity (Wildman–Crippen MR) is 99.0 cm³/mol. The van der Waals surface area contributed by atoms with Crippen molar-refractivity contribution in [1.29, 1.82) is 0 Å². The van der Waals surface area contributed by atoms with Crippen molar-refractivity contribution in [2.75, 3.05) is 31.1 Å². The molecular weight excluding hydrogens is 328 g/mol. The molecule has 1 fully saturated rings. The van der Waals surface area contributed by atoms with Crippen molar-refractivity contribution in [2.24, 2.45) is 5.92 Å². The molecule has 0 aliphatic carbocycles. The molecule has 2 aromatic rings. The summed E-state index contributed by atoms with van der Waals surface area (Å²) < 4.78 is 1.11. The van der Waals surface area contributed by atoms with E-state index in [1.54, 1.807) is 11.3 Å². The van der Waals surface area contributed by atoms with Crippen LogP contribution in [0.25, 0.3) is 9.53 Å². The summed E-state index contributed by atoms with van der Waals surface area (Å²) in [6.07, 6.45) is 0.997. The van der Waals surface area contributed by atoms with Crippen LogP contribution in [0.3, 0.4) is 0 Å². The minimum atomic E-state index is 0.0448. The molecule has 0 aromatic carbocycles. The largest absolute Gasteiger partial charge is 0.349 e. The quantitative estimate of drug-likeness (QED) is 0.869. The molecule has 126 valence electrons. The molecule has 2 N–H and O–H groups in total. The summed E-state index contributed by atoms with van der Waals surface area (Å²) in [6.45, 7) is 10.3. The number of thiazole rings is 1. The molecule has 3 heterocycles. The lowest BCUT2D eigenvalue weighted by Crippen LogP contribution is -2.48. The first-order valence-electron chi connectivity index (χ1n) is 8.29. The number of carbonyl (C=O) groups excluding carboxylic acids is 1. The first-order valence-corrected chi connectivity index (χ1v) is 9.92. The van der Waals surface area contributed by atoms with Gasteiger partial charge in [0.25, 0.3) is 5.91 Å². The first kappa shape index (κ1) is 16.7. The molecule has 2 atom stereocenters. The van der Waals surface area contributed by atoms with Crippen LogP contribution in [0, 0.1) is 5.92 Å². The van der Waals surface area contributed by atoms with Crippen molar-refractivity contribution in [2.45, 2.75) is 33.2 Å². The van der Waals surface area contributed by atoms with Crippen molar-refractivity contribution in [3.8, 4) is 0 Å². The van der Waals surface area contributed by atoms with Crippen LogP contribution < -0.4 is 15.5 Å². The van der Waals surface area contributed by atoms with Gasteiger partial charge in [-0.25, -0.2) is 4.98 Å². The van der Waals surface area contributed by atoms with E-state index in [1.165, 1.54) is 11.3 Å². The summed E-state index contributed by atoms with van der Waals surface area (Å²) >= 11 is 3.17. The zero-order valence-corrected chi connectivity index (χ0v) is 15.5. The Morgan fingerprint density at radius 3 is 2.87 bits per heavy atom. The average Bonchev–Trinajstić information content (AvgIpc) is 3.10. The van der Waals surface area contributed by atoms with Crippen LogP contribution in [0.2, 0.25) is 0 Å². The summed E-state index contributed by atoms with van der Waals surface area (Å²) in [5.41, 5.74) is 0. The lowest BCUT2D eigenvalue weighted by molar-refractivity contribution is 0.0918. The number of hydrogen-bond donors (Lipinski definition) is 2. The Morgan fingerprint density at radius 2 is 2.22 bits per heavy atom. The van der Waals surface area contributed by atoms with Crippen molar-refractivity contribution in [3.63, 3.8) is 0 Å². The van der Waals surface area contributed by atoms with Gasteiger partial charge in [-0.2, -0.15) is 0 Å². The molecule has 3 rings (SSSR count). The van der Waals surface area contributed by atoms with Gasteiger partial charge in [-0.3, -0.25) is 4.79 Å². The van der Waals surface area contributed by atoms with Gasteiger partial charge < -0.3 is 15.5 Å². The molecule has 2 aromatic heterocycles. The lowest BCUT2D eigenvalue weighted by atomic mass is 9.95. The van der Waals surface area contributed by atoms with Crippen molar-refractivity contribution < 1.29 is 4.79 Å². The van der Waals surface area contributed by atoms with Crippen molar-refractivity contribution >= 4 is 43.2 Å². The molecule has 1 aliphatic heterocycles. The third-order valence-electron chi connectivity index (χ3n) is 4.44. The minimum absolute atomic E-state index is 0.0448. The normalized spacial score (nSPS) is 21.5. The Morgan fingerprint density at radius 1 is 1.43 bits per heavy atom. The van der Waals surface area contributed by atoms with Gasteiger partial charge >= 0.3 is 0 Å². The fourth-order valence-corrected chi connectivity index (χ4v) is 5.17. The maximum Gasteiger partial charge on any atom is 0.261 e. The van der Waals surface area contributed by atoms with Gasteiger partial charge in [-0.15, -0.1) is 11.3 Å². The van der Waals surface area contributed by atoms with E-state index in [-0.39, 0.29) is 11.9 Å². The molecule has 7 heteroatoms. The molecule has 0 bridgehead atoms. The fraction of sp³-hybridized carbons (Fsp3) is 0.625. The molecule has 0 spiro atoms. The maximum absolute atomic E-state index is 12.5. The smallest absolute Gasteiger partial charge is 0.261 e. The minimum Gasteiger partial charge on any atom is -0.349 e. The highest BCUT2D eigenvalue weighted by Crippen LogP contribution is 2.34. The van der Waals surface area contributed by atoms with Gasteiger partial charge in [0, 0.05) is 19.1 Å². The molecule has 5 nitrogen and oxygen atoms in total. The van der Waals surface area contributed by atoms with Crippen LogP contribution in [-0.4, -0.2) is 43.1 Å². The molecule has 1 aliphatic rings.